The Morgan fingerprint density at radius 3 is 2.43 bits per heavy atom. The second kappa shape index (κ2) is 8.51. The third-order valence-electron chi connectivity index (χ3n) is 4.94. The van der Waals surface area contributed by atoms with Crippen LogP contribution in [0.2, 0.25) is 5.02 Å². The highest BCUT2D eigenvalue weighted by Crippen LogP contribution is 2.14. The highest BCUT2D eigenvalue weighted by atomic mass is 35.5. The van der Waals surface area contributed by atoms with E-state index in [-0.39, 0.29) is 11.5 Å². The van der Waals surface area contributed by atoms with E-state index >= 15 is 0 Å². The molecule has 0 unspecified atom stereocenters. The molecule has 150 valence electrons. The summed E-state index contributed by atoms with van der Waals surface area (Å²) in [6.45, 7) is 2.32. The van der Waals surface area contributed by atoms with Gasteiger partial charge in [-0.1, -0.05) is 35.9 Å². The number of hydrogen-bond acceptors (Lipinski definition) is 3. The molecule has 6 heteroatoms. The quantitative estimate of drug-likeness (QED) is 0.526. The number of halogens is 1. The lowest BCUT2D eigenvalue weighted by molar-refractivity contribution is 0.0954. The van der Waals surface area contributed by atoms with Crippen molar-refractivity contribution in [3.8, 4) is 5.69 Å². The van der Waals surface area contributed by atoms with Crippen LogP contribution in [0.4, 0.5) is 0 Å². The predicted molar refractivity (Wildman–Crippen MR) is 120 cm³/mol. The average Bonchev–Trinajstić information content (AvgIpc) is 2.75. The van der Waals surface area contributed by atoms with Crippen molar-refractivity contribution >= 4 is 28.4 Å². The van der Waals surface area contributed by atoms with E-state index in [2.05, 4.69) is 10.3 Å². The summed E-state index contributed by atoms with van der Waals surface area (Å²) in [6.07, 6.45) is 0.721. The van der Waals surface area contributed by atoms with Gasteiger partial charge in [-0.05, 0) is 67.4 Å². The van der Waals surface area contributed by atoms with Gasteiger partial charge in [0.15, 0.2) is 0 Å². The van der Waals surface area contributed by atoms with Crippen molar-refractivity contribution in [2.24, 2.45) is 0 Å². The number of rotatable bonds is 5. The van der Waals surface area contributed by atoms with E-state index in [0.717, 1.165) is 12.0 Å². The Morgan fingerprint density at radius 1 is 1.00 bits per heavy atom. The van der Waals surface area contributed by atoms with Gasteiger partial charge in [0, 0.05) is 17.1 Å². The minimum Gasteiger partial charge on any atom is -0.352 e. The van der Waals surface area contributed by atoms with Gasteiger partial charge in [0.25, 0.3) is 11.5 Å². The average molecular weight is 418 g/mol. The largest absolute Gasteiger partial charge is 0.352 e. The molecule has 1 heterocycles. The zero-order chi connectivity index (χ0) is 21.1. The van der Waals surface area contributed by atoms with Gasteiger partial charge in [-0.25, -0.2) is 4.98 Å². The van der Waals surface area contributed by atoms with Gasteiger partial charge in [-0.3, -0.25) is 14.2 Å². The molecule has 5 nitrogen and oxygen atoms in total. The van der Waals surface area contributed by atoms with Gasteiger partial charge < -0.3 is 5.32 Å². The molecule has 0 atom stereocenters. The van der Waals surface area contributed by atoms with Crippen LogP contribution >= 0.6 is 11.6 Å². The summed E-state index contributed by atoms with van der Waals surface area (Å²) in [5, 5.41) is 4.17. The standard InChI is InChI=1S/C24H20ClN3O2/c1-16-27-22-5-3-2-4-21(22)24(30)28(16)20-12-8-18(9-13-20)23(29)26-15-14-17-6-10-19(25)11-7-17/h2-13H,14-15H2,1H3,(H,26,29). The molecule has 0 aliphatic carbocycles. The van der Waals surface area contributed by atoms with E-state index in [0.29, 0.717) is 39.5 Å². The summed E-state index contributed by atoms with van der Waals surface area (Å²) in [6, 6.07) is 21.8. The monoisotopic (exact) mass is 417 g/mol. The van der Waals surface area contributed by atoms with E-state index < -0.39 is 0 Å². The van der Waals surface area contributed by atoms with Crippen LogP contribution in [-0.2, 0) is 6.42 Å². The Labute approximate surface area is 179 Å². The Bertz CT molecular complexity index is 1260. The second-order valence-electron chi connectivity index (χ2n) is 7.00. The summed E-state index contributed by atoms with van der Waals surface area (Å²) in [4.78, 5) is 29.9. The van der Waals surface area contributed by atoms with Crippen LogP contribution in [0.5, 0.6) is 0 Å². The molecule has 0 bridgehead atoms. The molecular weight excluding hydrogens is 398 g/mol. The summed E-state index contributed by atoms with van der Waals surface area (Å²) in [5.74, 6) is 0.440. The van der Waals surface area contributed by atoms with Crippen molar-refractivity contribution in [2.75, 3.05) is 6.54 Å². The van der Waals surface area contributed by atoms with Crippen LogP contribution in [0.25, 0.3) is 16.6 Å². The number of aryl methyl sites for hydroxylation is 1. The first-order valence-corrected chi connectivity index (χ1v) is 10.0. The van der Waals surface area contributed by atoms with Crippen LogP contribution in [0.3, 0.4) is 0 Å². The normalized spacial score (nSPS) is 10.9. The van der Waals surface area contributed by atoms with Gasteiger partial charge in [-0.2, -0.15) is 0 Å². The maximum atomic E-state index is 12.9. The number of carbonyl (C=O) groups excluding carboxylic acids is 1. The van der Waals surface area contributed by atoms with E-state index in [9.17, 15) is 9.59 Å². The van der Waals surface area contributed by atoms with Crippen molar-refractivity contribution in [1.29, 1.82) is 0 Å². The highest BCUT2D eigenvalue weighted by molar-refractivity contribution is 6.30. The molecule has 0 fully saturated rings. The van der Waals surface area contributed by atoms with Crippen LogP contribution < -0.4 is 10.9 Å². The molecule has 3 aromatic carbocycles. The number of carbonyl (C=O) groups is 1. The fourth-order valence-electron chi connectivity index (χ4n) is 3.38. The molecule has 30 heavy (non-hydrogen) atoms. The van der Waals surface area contributed by atoms with Crippen LogP contribution in [-0.4, -0.2) is 22.0 Å². The lowest BCUT2D eigenvalue weighted by Gasteiger charge is -2.11. The van der Waals surface area contributed by atoms with Gasteiger partial charge >= 0.3 is 0 Å². The molecule has 0 saturated heterocycles. The maximum absolute atomic E-state index is 12.9. The predicted octanol–water partition coefficient (Wildman–Crippen LogP) is 4.32. The molecule has 4 rings (SSSR count). The molecule has 0 aliphatic rings. The Kier molecular flexibility index (Phi) is 5.63. The van der Waals surface area contributed by atoms with Gasteiger partial charge in [-0.15, -0.1) is 0 Å². The molecule has 1 amide bonds. The molecule has 1 aromatic heterocycles. The number of nitrogens with zero attached hydrogens (tertiary/aromatic N) is 2. The molecule has 1 N–H and O–H groups in total. The zero-order valence-corrected chi connectivity index (χ0v) is 17.2. The minimum absolute atomic E-state index is 0.127. The molecule has 4 aromatic rings. The lowest BCUT2D eigenvalue weighted by atomic mass is 10.1. The van der Waals surface area contributed by atoms with Crippen molar-refractivity contribution in [2.45, 2.75) is 13.3 Å². The summed E-state index contributed by atoms with van der Waals surface area (Å²) < 4.78 is 1.56. The smallest absolute Gasteiger partial charge is 0.265 e. The fourth-order valence-corrected chi connectivity index (χ4v) is 3.51. The van der Waals surface area contributed by atoms with E-state index in [1.54, 1.807) is 41.8 Å². The third-order valence-corrected chi connectivity index (χ3v) is 5.20. The number of fused-ring (bicyclic) bond motifs is 1. The summed E-state index contributed by atoms with van der Waals surface area (Å²) >= 11 is 5.89. The van der Waals surface area contributed by atoms with E-state index in [1.165, 1.54) is 0 Å². The first-order valence-electron chi connectivity index (χ1n) is 9.64. The van der Waals surface area contributed by atoms with Crippen LogP contribution in [0, 0.1) is 6.92 Å². The number of benzene rings is 3. The van der Waals surface area contributed by atoms with E-state index in [1.807, 2.05) is 42.5 Å². The van der Waals surface area contributed by atoms with Crippen molar-refractivity contribution in [3.63, 3.8) is 0 Å². The van der Waals surface area contributed by atoms with Crippen molar-refractivity contribution < 1.29 is 4.79 Å². The highest BCUT2D eigenvalue weighted by Gasteiger charge is 2.11. The molecule has 0 radical (unpaired) electrons. The minimum atomic E-state index is -0.156. The topological polar surface area (TPSA) is 64.0 Å². The molecule has 0 spiro atoms. The molecule has 0 saturated carbocycles. The number of aromatic nitrogens is 2. The molecular formula is C24H20ClN3O2. The van der Waals surface area contributed by atoms with Crippen LogP contribution in [0.15, 0.2) is 77.6 Å². The third kappa shape index (κ3) is 4.11. The Balaban J connectivity index is 1.49. The number of amides is 1. The van der Waals surface area contributed by atoms with Crippen molar-refractivity contribution in [1.82, 2.24) is 14.9 Å². The number of para-hydroxylation sites is 1. The number of nitrogens with one attached hydrogen (secondary N) is 1. The van der Waals surface area contributed by atoms with Gasteiger partial charge in [0.1, 0.15) is 5.82 Å². The molecule has 0 aliphatic heterocycles. The van der Waals surface area contributed by atoms with Crippen LogP contribution in [0.1, 0.15) is 21.7 Å². The summed E-state index contributed by atoms with van der Waals surface area (Å²) in [5.41, 5.74) is 2.86. The first-order chi connectivity index (χ1) is 14.5. The second-order valence-corrected chi connectivity index (χ2v) is 7.43. The van der Waals surface area contributed by atoms with Gasteiger partial charge in [0.05, 0.1) is 16.6 Å². The fraction of sp³-hybridized carbons (Fsp3) is 0.125. The zero-order valence-electron chi connectivity index (χ0n) is 16.4. The van der Waals surface area contributed by atoms with E-state index in [4.69, 9.17) is 11.6 Å². The maximum Gasteiger partial charge on any atom is 0.265 e. The lowest BCUT2D eigenvalue weighted by Crippen LogP contribution is -2.26. The Morgan fingerprint density at radius 2 is 1.70 bits per heavy atom. The van der Waals surface area contributed by atoms with Crippen molar-refractivity contribution in [3.05, 3.63) is 105 Å². The number of hydrogen-bond donors (Lipinski definition) is 1. The Hall–Kier alpha value is -3.44. The summed E-state index contributed by atoms with van der Waals surface area (Å²) in [7, 11) is 0. The SMILES string of the molecule is Cc1nc2ccccc2c(=O)n1-c1ccc(C(=O)NCCc2ccc(Cl)cc2)cc1. The van der Waals surface area contributed by atoms with Gasteiger partial charge in [0.2, 0.25) is 0 Å². The first kappa shape index (κ1) is 19.9.